The van der Waals surface area contributed by atoms with Crippen LogP contribution in [0.4, 0.5) is 5.69 Å². The molecule has 1 N–H and O–H groups in total. The van der Waals surface area contributed by atoms with Crippen LogP contribution in [-0.4, -0.2) is 16.9 Å². The molecular weight excluding hydrogens is 368 g/mol. The zero-order valence-electron chi connectivity index (χ0n) is 15.7. The minimum absolute atomic E-state index is 0.0965. The highest BCUT2D eigenvalue weighted by molar-refractivity contribution is 6.04. The van der Waals surface area contributed by atoms with Gasteiger partial charge in [-0.2, -0.15) is 0 Å². The Balaban J connectivity index is 1.39. The number of nitrogens with zero attached hydrogens (tertiary/aromatic N) is 1. The van der Waals surface area contributed by atoms with Crippen molar-refractivity contribution in [1.82, 2.24) is 4.98 Å². The van der Waals surface area contributed by atoms with E-state index in [1.165, 1.54) is 0 Å². The molecule has 0 aliphatic rings. The first-order valence-corrected chi connectivity index (χ1v) is 9.07. The van der Waals surface area contributed by atoms with Gasteiger partial charge in [-0.3, -0.25) is 14.6 Å². The van der Waals surface area contributed by atoms with Gasteiger partial charge in [-0.15, -0.1) is 0 Å². The summed E-state index contributed by atoms with van der Waals surface area (Å²) in [5.41, 5.74) is 3.67. The molecule has 2 aromatic heterocycles. The Morgan fingerprint density at radius 1 is 1.10 bits per heavy atom. The maximum absolute atomic E-state index is 12.3. The summed E-state index contributed by atoms with van der Waals surface area (Å²) in [6.07, 6.45) is 4.87. The summed E-state index contributed by atoms with van der Waals surface area (Å²) < 4.78 is 10.9. The van der Waals surface area contributed by atoms with Crippen molar-refractivity contribution in [1.29, 1.82) is 0 Å². The van der Waals surface area contributed by atoms with Crippen molar-refractivity contribution >= 4 is 28.5 Å². The third-order valence-electron chi connectivity index (χ3n) is 4.41. The maximum atomic E-state index is 12.3. The SMILES string of the molecule is Cc1ccc2c(CC(=O)Oc3ccc(C(=O)Nc4cccnc4)cc3)coc2c1. The number of furan rings is 1. The predicted molar refractivity (Wildman–Crippen MR) is 109 cm³/mol. The molecule has 0 aliphatic carbocycles. The van der Waals surface area contributed by atoms with E-state index in [4.69, 9.17) is 9.15 Å². The molecule has 0 radical (unpaired) electrons. The van der Waals surface area contributed by atoms with Gasteiger partial charge >= 0.3 is 5.97 Å². The predicted octanol–water partition coefficient (Wildman–Crippen LogP) is 4.54. The highest BCUT2D eigenvalue weighted by Crippen LogP contribution is 2.23. The van der Waals surface area contributed by atoms with Crippen LogP contribution in [0.1, 0.15) is 21.5 Å². The van der Waals surface area contributed by atoms with E-state index >= 15 is 0 Å². The normalized spacial score (nSPS) is 10.7. The Hall–Kier alpha value is -3.93. The Kier molecular flexibility index (Phi) is 5.07. The average Bonchev–Trinajstić information content (AvgIpc) is 3.10. The Morgan fingerprint density at radius 3 is 2.69 bits per heavy atom. The number of carbonyl (C=O) groups is 2. The number of benzene rings is 2. The number of hydrogen-bond donors (Lipinski definition) is 1. The number of hydrogen-bond acceptors (Lipinski definition) is 5. The molecule has 0 bridgehead atoms. The van der Waals surface area contributed by atoms with Crippen LogP contribution in [0.3, 0.4) is 0 Å². The summed E-state index contributed by atoms with van der Waals surface area (Å²) in [4.78, 5) is 28.5. The number of pyridine rings is 1. The molecule has 4 rings (SSSR count). The van der Waals surface area contributed by atoms with Gasteiger partial charge in [0.1, 0.15) is 11.3 Å². The minimum atomic E-state index is -0.402. The topological polar surface area (TPSA) is 81.4 Å². The van der Waals surface area contributed by atoms with Crippen LogP contribution in [-0.2, 0) is 11.2 Å². The second kappa shape index (κ2) is 7.98. The molecule has 6 nitrogen and oxygen atoms in total. The van der Waals surface area contributed by atoms with Crippen LogP contribution in [0.15, 0.2) is 77.7 Å². The van der Waals surface area contributed by atoms with Gasteiger partial charge < -0.3 is 14.5 Å². The first kappa shape index (κ1) is 18.4. The van der Waals surface area contributed by atoms with Crippen LogP contribution in [0.2, 0.25) is 0 Å². The zero-order chi connectivity index (χ0) is 20.2. The standard InChI is InChI=1S/C23H18N2O4/c1-15-4-9-20-17(14-28-21(20)11-15)12-22(26)29-19-7-5-16(6-8-19)23(27)25-18-3-2-10-24-13-18/h2-11,13-14H,12H2,1H3,(H,25,27). The quantitative estimate of drug-likeness (QED) is 0.402. The largest absolute Gasteiger partial charge is 0.464 e. The Morgan fingerprint density at radius 2 is 1.93 bits per heavy atom. The van der Waals surface area contributed by atoms with Crippen molar-refractivity contribution < 1.29 is 18.7 Å². The Bertz CT molecular complexity index is 1160. The van der Waals surface area contributed by atoms with Crippen molar-refractivity contribution in [2.75, 3.05) is 5.32 Å². The molecule has 0 unspecified atom stereocenters. The highest BCUT2D eigenvalue weighted by atomic mass is 16.5. The number of rotatable bonds is 5. The van der Waals surface area contributed by atoms with Crippen LogP contribution >= 0.6 is 0 Å². The van der Waals surface area contributed by atoms with E-state index in [0.29, 0.717) is 17.0 Å². The highest BCUT2D eigenvalue weighted by Gasteiger charge is 2.13. The van der Waals surface area contributed by atoms with Gasteiger partial charge in [0.2, 0.25) is 0 Å². The number of anilines is 1. The fraction of sp³-hybridized carbons (Fsp3) is 0.0870. The lowest BCUT2D eigenvalue weighted by atomic mass is 10.1. The zero-order valence-corrected chi connectivity index (χ0v) is 15.7. The lowest BCUT2D eigenvalue weighted by molar-refractivity contribution is -0.133. The lowest BCUT2D eigenvalue weighted by Gasteiger charge is -2.07. The smallest absolute Gasteiger partial charge is 0.315 e. The second-order valence-electron chi connectivity index (χ2n) is 6.63. The second-order valence-corrected chi connectivity index (χ2v) is 6.63. The molecule has 2 aromatic carbocycles. The van der Waals surface area contributed by atoms with Gasteiger partial charge in [0.25, 0.3) is 5.91 Å². The van der Waals surface area contributed by atoms with Crippen LogP contribution < -0.4 is 10.1 Å². The van der Waals surface area contributed by atoms with Crippen molar-refractivity contribution in [3.63, 3.8) is 0 Å². The van der Waals surface area contributed by atoms with E-state index in [1.54, 1.807) is 55.1 Å². The number of fused-ring (bicyclic) bond motifs is 1. The van der Waals surface area contributed by atoms with Crippen LogP contribution in [0.5, 0.6) is 5.75 Å². The molecule has 0 aliphatic heterocycles. The van der Waals surface area contributed by atoms with E-state index in [9.17, 15) is 9.59 Å². The van der Waals surface area contributed by atoms with Crippen molar-refractivity contribution in [3.05, 3.63) is 89.9 Å². The average molecular weight is 386 g/mol. The first-order valence-electron chi connectivity index (χ1n) is 9.07. The molecule has 144 valence electrons. The summed E-state index contributed by atoms with van der Waals surface area (Å²) >= 11 is 0. The monoisotopic (exact) mass is 386 g/mol. The van der Waals surface area contributed by atoms with E-state index in [0.717, 1.165) is 22.1 Å². The van der Waals surface area contributed by atoms with E-state index < -0.39 is 5.97 Å². The van der Waals surface area contributed by atoms with Crippen LogP contribution in [0, 0.1) is 6.92 Å². The maximum Gasteiger partial charge on any atom is 0.315 e. The van der Waals surface area contributed by atoms with Gasteiger partial charge in [0, 0.05) is 22.7 Å². The summed E-state index contributed by atoms with van der Waals surface area (Å²) in [5, 5.41) is 3.65. The number of aryl methyl sites for hydroxylation is 1. The van der Waals surface area contributed by atoms with E-state index in [-0.39, 0.29) is 12.3 Å². The molecule has 29 heavy (non-hydrogen) atoms. The number of carbonyl (C=O) groups excluding carboxylic acids is 2. The number of aromatic nitrogens is 1. The van der Waals surface area contributed by atoms with E-state index in [2.05, 4.69) is 10.3 Å². The fourth-order valence-corrected chi connectivity index (χ4v) is 2.96. The first-order chi connectivity index (χ1) is 14.1. The number of amides is 1. The number of nitrogens with one attached hydrogen (secondary N) is 1. The van der Waals surface area contributed by atoms with Gasteiger partial charge in [-0.25, -0.2) is 0 Å². The summed E-state index contributed by atoms with van der Waals surface area (Å²) in [6, 6.07) is 15.7. The van der Waals surface area contributed by atoms with Crippen LogP contribution in [0.25, 0.3) is 11.0 Å². The molecule has 0 atom stereocenters. The molecule has 0 spiro atoms. The van der Waals surface area contributed by atoms with Gasteiger partial charge in [0.05, 0.1) is 24.6 Å². The molecule has 2 heterocycles. The van der Waals surface area contributed by atoms with Crippen molar-refractivity contribution in [2.45, 2.75) is 13.3 Å². The molecule has 0 saturated carbocycles. The molecular formula is C23H18N2O4. The van der Waals surface area contributed by atoms with Crippen molar-refractivity contribution in [3.8, 4) is 5.75 Å². The Labute approximate surface area is 167 Å². The van der Waals surface area contributed by atoms with Crippen molar-refractivity contribution in [2.24, 2.45) is 0 Å². The summed E-state index contributed by atoms with van der Waals surface area (Å²) in [7, 11) is 0. The van der Waals surface area contributed by atoms with Gasteiger partial charge in [0.15, 0.2) is 0 Å². The summed E-state index contributed by atoms with van der Waals surface area (Å²) in [6.45, 7) is 1.98. The molecule has 4 aromatic rings. The molecule has 1 amide bonds. The fourth-order valence-electron chi connectivity index (χ4n) is 2.96. The lowest BCUT2D eigenvalue weighted by Crippen LogP contribution is -2.13. The summed E-state index contributed by atoms with van der Waals surface area (Å²) in [5.74, 6) is -0.298. The van der Waals surface area contributed by atoms with Gasteiger partial charge in [-0.05, 0) is 55.0 Å². The third-order valence-corrected chi connectivity index (χ3v) is 4.41. The number of esters is 1. The van der Waals surface area contributed by atoms with Gasteiger partial charge in [-0.1, -0.05) is 12.1 Å². The molecule has 6 heteroatoms. The van der Waals surface area contributed by atoms with E-state index in [1.807, 2.05) is 25.1 Å². The minimum Gasteiger partial charge on any atom is -0.464 e. The third kappa shape index (κ3) is 4.32. The molecule has 0 fully saturated rings. The molecule has 0 saturated heterocycles. The number of ether oxygens (including phenoxy) is 1.